The zero-order valence-corrected chi connectivity index (χ0v) is 31.6. The summed E-state index contributed by atoms with van der Waals surface area (Å²) in [5.74, 6) is 1.93. The molecule has 0 saturated carbocycles. The molecule has 2 aliphatic rings. The van der Waals surface area contributed by atoms with Crippen LogP contribution in [0.4, 0.5) is 28.8 Å². The molecule has 12 heteroatoms. The Bertz CT molecular complexity index is 1790. The lowest BCUT2D eigenvalue weighted by atomic mass is 9.99. The maximum Gasteiger partial charge on any atom is 0.229 e. The van der Waals surface area contributed by atoms with Crippen molar-refractivity contribution in [2.75, 3.05) is 82.3 Å². The second-order valence-electron chi connectivity index (χ2n) is 13.6. The van der Waals surface area contributed by atoms with Crippen molar-refractivity contribution >= 4 is 63.2 Å². The fourth-order valence-corrected chi connectivity index (χ4v) is 8.30. The molecule has 0 radical (unpaired) electrons. The van der Waals surface area contributed by atoms with E-state index < -0.39 is 6.89 Å². The monoisotopic (exact) mass is 733 g/mol. The molecule has 2 N–H and O–H groups in total. The molecule has 2 fully saturated rings. The maximum absolute atomic E-state index is 5.93. The number of aryl methyl sites for hydroxylation is 2. The van der Waals surface area contributed by atoms with Crippen LogP contribution < -0.4 is 25.6 Å². The number of likely N-dealkylation sites (N-methyl/N-ethyl adjacent to an activating group) is 1. The van der Waals surface area contributed by atoms with Gasteiger partial charge in [-0.2, -0.15) is 4.98 Å². The fourth-order valence-electron chi connectivity index (χ4n) is 6.74. The van der Waals surface area contributed by atoms with Gasteiger partial charge in [-0.3, -0.25) is 4.90 Å². The van der Waals surface area contributed by atoms with Crippen LogP contribution >= 0.6 is 22.8 Å². The number of imidazole rings is 1. The maximum atomic E-state index is 5.93. The van der Waals surface area contributed by atoms with E-state index in [0.717, 1.165) is 52.4 Å². The lowest BCUT2D eigenvalue weighted by Gasteiger charge is -2.43. The van der Waals surface area contributed by atoms with E-state index in [1.54, 1.807) is 13.3 Å². The lowest BCUT2D eigenvalue weighted by Crippen LogP contribution is -2.52. The van der Waals surface area contributed by atoms with Crippen molar-refractivity contribution in [2.45, 2.75) is 32.2 Å². The van der Waals surface area contributed by atoms with Crippen LogP contribution in [0, 0.1) is 0 Å². The standard InChI is InChI=1S/C36H49BrN9OP/c1-8-25-19-30(33(47-4)21-32(25)46-13-11-27(12-14-46)45-17-15-43(2)16-18-45)41-36-38-22-28(37)35(42-36)40-29-10-9-26(20-34(29)48(5,6)7)31-23-44(3)24-39-31/h9-10,19-24,27H,5,8,11-18H2,1-4,6-7H3,(H2,38,40,41,42). The topological polar surface area (TPSA) is 86.6 Å². The van der Waals surface area contributed by atoms with Crippen LogP contribution in [0.3, 0.4) is 0 Å². The number of ether oxygens (including phenoxy) is 1. The van der Waals surface area contributed by atoms with Crippen LogP contribution in [-0.2, 0) is 13.5 Å². The van der Waals surface area contributed by atoms with Gasteiger partial charge >= 0.3 is 0 Å². The number of hydrogen-bond donors (Lipinski definition) is 2. The third-order valence-corrected chi connectivity index (χ3v) is 11.8. The highest BCUT2D eigenvalue weighted by Gasteiger charge is 2.28. The van der Waals surface area contributed by atoms with Gasteiger partial charge < -0.3 is 29.7 Å². The number of rotatable bonds is 10. The number of piperidine rings is 1. The average molecular weight is 735 g/mol. The molecule has 0 amide bonds. The first-order chi connectivity index (χ1) is 23.0. The number of aromatic nitrogens is 4. The van der Waals surface area contributed by atoms with Gasteiger partial charge in [-0.25, -0.2) is 9.97 Å². The summed E-state index contributed by atoms with van der Waals surface area (Å²) in [6.45, 7) is 11.8. The van der Waals surface area contributed by atoms with E-state index in [4.69, 9.17) is 9.72 Å². The molecule has 2 saturated heterocycles. The molecule has 10 nitrogen and oxygen atoms in total. The Labute approximate surface area is 294 Å². The Morgan fingerprint density at radius 2 is 1.73 bits per heavy atom. The van der Waals surface area contributed by atoms with Gasteiger partial charge in [0.25, 0.3) is 0 Å². The number of nitrogens with zero attached hydrogens (tertiary/aromatic N) is 7. The zero-order chi connectivity index (χ0) is 34.0. The summed E-state index contributed by atoms with van der Waals surface area (Å²) in [5.41, 5.74) is 6.38. The Hall–Kier alpha value is -3.37. The quantitative estimate of drug-likeness (QED) is 0.184. The molecule has 0 atom stereocenters. The minimum atomic E-state index is -1.66. The molecule has 2 aliphatic heterocycles. The number of halogens is 1. The number of hydrogen-bond acceptors (Lipinski definition) is 9. The third-order valence-electron chi connectivity index (χ3n) is 9.54. The summed E-state index contributed by atoms with van der Waals surface area (Å²) in [4.78, 5) is 21.7. The van der Waals surface area contributed by atoms with Gasteiger partial charge in [0.1, 0.15) is 11.6 Å². The van der Waals surface area contributed by atoms with Crippen molar-refractivity contribution < 1.29 is 4.74 Å². The van der Waals surface area contributed by atoms with E-state index in [1.807, 2.05) is 24.1 Å². The van der Waals surface area contributed by atoms with E-state index in [2.05, 4.69) is 115 Å². The summed E-state index contributed by atoms with van der Waals surface area (Å²) in [6.07, 6.45) is 13.5. The molecule has 6 rings (SSSR count). The van der Waals surface area contributed by atoms with E-state index in [0.29, 0.717) is 17.8 Å². The van der Waals surface area contributed by atoms with Crippen molar-refractivity contribution in [1.82, 2.24) is 29.3 Å². The second-order valence-corrected chi connectivity index (χ2v) is 18.3. The molecule has 2 aromatic carbocycles. The SMILES string of the molecule is C=P(C)(C)c1cc(-c2cn(C)cn2)ccc1Nc1nc(Nc2cc(CC)c(N3CCC(N4CCN(C)CC4)CC3)cc2OC)ncc1Br. The molecule has 256 valence electrons. The summed E-state index contributed by atoms with van der Waals surface area (Å²) in [6, 6.07) is 11.4. The van der Waals surface area contributed by atoms with Crippen LogP contribution in [0.5, 0.6) is 5.75 Å². The molecule has 48 heavy (non-hydrogen) atoms. The normalized spacial score (nSPS) is 16.7. The number of piperazine rings is 1. The van der Waals surface area contributed by atoms with Gasteiger partial charge in [-0.1, -0.05) is 26.2 Å². The Kier molecular flexibility index (Phi) is 10.5. The molecule has 0 spiro atoms. The summed E-state index contributed by atoms with van der Waals surface area (Å²) in [7, 11) is 5.93. The number of methoxy groups -OCH3 is 1. The van der Waals surface area contributed by atoms with Crippen molar-refractivity contribution in [3.63, 3.8) is 0 Å². The van der Waals surface area contributed by atoms with Crippen LogP contribution in [0.15, 0.2) is 53.5 Å². The molecule has 4 aromatic rings. The zero-order valence-electron chi connectivity index (χ0n) is 29.1. The molecule has 4 heterocycles. The molecule has 0 bridgehead atoms. The smallest absolute Gasteiger partial charge is 0.229 e. The van der Waals surface area contributed by atoms with E-state index in [1.165, 1.54) is 55.6 Å². The van der Waals surface area contributed by atoms with Crippen molar-refractivity contribution in [3.05, 3.63) is 59.1 Å². The van der Waals surface area contributed by atoms with Crippen molar-refractivity contribution in [1.29, 1.82) is 0 Å². The number of anilines is 5. The van der Waals surface area contributed by atoms with E-state index >= 15 is 0 Å². The predicted molar refractivity (Wildman–Crippen MR) is 207 cm³/mol. The summed E-state index contributed by atoms with van der Waals surface area (Å²) in [5, 5.41) is 8.20. The van der Waals surface area contributed by atoms with Crippen molar-refractivity contribution in [3.8, 4) is 17.0 Å². The fraction of sp³-hybridized carbons (Fsp3) is 0.444. The Morgan fingerprint density at radius 1 is 0.979 bits per heavy atom. The Morgan fingerprint density at radius 3 is 2.38 bits per heavy atom. The molecule has 2 aromatic heterocycles. The molecular formula is C36H49BrN9OP. The van der Waals surface area contributed by atoms with E-state index in [-0.39, 0.29) is 0 Å². The van der Waals surface area contributed by atoms with Crippen LogP contribution in [0.25, 0.3) is 11.3 Å². The van der Waals surface area contributed by atoms with Crippen LogP contribution in [0.2, 0.25) is 0 Å². The van der Waals surface area contributed by atoms with Gasteiger partial charge in [-0.05, 0) is 84.6 Å². The second kappa shape index (κ2) is 14.6. The molecule has 0 aliphatic carbocycles. The average Bonchev–Trinajstić information content (AvgIpc) is 3.52. The highest BCUT2D eigenvalue weighted by atomic mass is 79.9. The van der Waals surface area contributed by atoms with Crippen LogP contribution in [0.1, 0.15) is 25.3 Å². The van der Waals surface area contributed by atoms with Gasteiger partial charge in [0.2, 0.25) is 5.95 Å². The first-order valence-corrected chi connectivity index (χ1v) is 20.4. The Balaban J connectivity index is 1.21. The summed E-state index contributed by atoms with van der Waals surface area (Å²) >= 11 is 3.67. The highest BCUT2D eigenvalue weighted by molar-refractivity contribution is 9.10. The minimum Gasteiger partial charge on any atom is -0.494 e. The van der Waals surface area contributed by atoms with Gasteiger partial charge in [0, 0.05) is 87.8 Å². The highest BCUT2D eigenvalue weighted by Crippen LogP contribution is 2.41. The third kappa shape index (κ3) is 7.75. The minimum absolute atomic E-state index is 0.483. The first-order valence-electron chi connectivity index (χ1n) is 16.8. The van der Waals surface area contributed by atoms with Crippen molar-refractivity contribution in [2.24, 2.45) is 7.05 Å². The number of benzene rings is 2. The predicted octanol–water partition coefficient (Wildman–Crippen LogP) is 6.25. The van der Waals surface area contributed by atoms with Gasteiger partial charge in [0.05, 0.1) is 29.3 Å². The van der Waals surface area contributed by atoms with Gasteiger partial charge in [-0.15, -0.1) is 0 Å². The summed E-state index contributed by atoms with van der Waals surface area (Å²) < 4.78 is 8.66. The number of nitrogens with one attached hydrogen (secondary N) is 2. The molecular weight excluding hydrogens is 685 g/mol. The van der Waals surface area contributed by atoms with Gasteiger partial charge in [0.15, 0.2) is 0 Å². The van der Waals surface area contributed by atoms with E-state index in [9.17, 15) is 0 Å². The first kappa shape index (κ1) is 34.5. The lowest BCUT2D eigenvalue weighted by molar-refractivity contribution is 0.0982. The van der Waals surface area contributed by atoms with Crippen LogP contribution in [-0.4, -0.2) is 108 Å². The largest absolute Gasteiger partial charge is 0.494 e. The molecule has 0 unspecified atom stereocenters.